The Labute approximate surface area is 128 Å². The van der Waals surface area contributed by atoms with E-state index >= 15 is 0 Å². The van der Waals surface area contributed by atoms with Gasteiger partial charge in [-0.15, -0.1) is 0 Å². The minimum absolute atomic E-state index is 0.619. The molecule has 22 heavy (non-hydrogen) atoms. The third kappa shape index (κ3) is 1.16. The Morgan fingerprint density at radius 3 is 2.64 bits per heavy atom. The highest BCUT2D eigenvalue weighted by atomic mass is 16.5. The molecular formula is C20H14NO+. The van der Waals surface area contributed by atoms with Gasteiger partial charge in [-0.3, -0.25) is 0 Å². The Kier molecular flexibility index (Phi) is 1.80. The van der Waals surface area contributed by atoms with Crippen LogP contribution in [0.3, 0.4) is 0 Å². The maximum absolute atomic E-state index is 6.23. The molecule has 0 N–H and O–H groups in total. The van der Waals surface area contributed by atoms with Crippen molar-refractivity contribution in [3.63, 3.8) is 0 Å². The van der Waals surface area contributed by atoms with E-state index in [1.54, 1.807) is 0 Å². The minimum Gasteiger partial charge on any atom is -0.434 e. The number of fused-ring (bicyclic) bond motifs is 4. The van der Waals surface area contributed by atoms with E-state index in [1.165, 1.54) is 44.6 Å². The molecule has 1 aliphatic heterocycles. The third-order valence-corrected chi connectivity index (χ3v) is 5.23. The monoisotopic (exact) mass is 284 g/mol. The van der Waals surface area contributed by atoms with Crippen LogP contribution < -0.4 is 9.30 Å². The van der Waals surface area contributed by atoms with Crippen LogP contribution in [0.4, 0.5) is 0 Å². The Balaban J connectivity index is 1.75. The Morgan fingerprint density at radius 1 is 0.818 bits per heavy atom. The van der Waals surface area contributed by atoms with Crippen LogP contribution in [0.5, 0.6) is 5.75 Å². The van der Waals surface area contributed by atoms with Gasteiger partial charge in [-0.25, -0.2) is 0 Å². The summed E-state index contributed by atoms with van der Waals surface area (Å²) in [4.78, 5) is 0. The predicted molar refractivity (Wildman–Crippen MR) is 83.7 cm³/mol. The van der Waals surface area contributed by atoms with Crippen LogP contribution in [0.25, 0.3) is 22.4 Å². The van der Waals surface area contributed by atoms with Gasteiger partial charge in [-0.2, -0.15) is 4.57 Å². The van der Waals surface area contributed by atoms with E-state index in [-0.39, 0.29) is 0 Å². The lowest BCUT2D eigenvalue weighted by molar-refractivity contribution is -0.717. The number of ether oxygens (including phenoxy) is 1. The molecule has 0 atom stereocenters. The summed E-state index contributed by atoms with van der Waals surface area (Å²) in [6, 6.07) is 15.5. The molecule has 3 aliphatic rings. The van der Waals surface area contributed by atoms with E-state index in [1.807, 2.05) is 0 Å². The zero-order valence-electron chi connectivity index (χ0n) is 12.1. The summed E-state index contributed by atoms with van der Waals surface area (Å²) < 4.78 is 8.46. The molecule has 3 aromatic rings. The van der Waals surface area contributed by atoms with Crippen LogP contribution in [0.1, 0.15) is 22.3 Å². The lowest BCUT2D eigenvalue weighted by atomic mass is 9.96. The van der Waals surface area contributed by atoms with Crippen molar-refractivity contribution in [2.45, 2.75) is 19.6 Å². The van der Waals surface area contributed by atoms with Crippen LogP contribution in [0.2, 0.25) is 0 Å². The second-order valence-corrected chi connectivity index (χ2v) is 6.41. The summed E-state index contributed by atoms with van der Waals surface area (Å²) in [7, 11) is 0. The molecule has 2 aromatic carbocycles. The molecule has 0 spiro atoms. The van der Waals surface area contributed by atoms with Crippen molar-refractivity contribution >= 4 is 0 Å². The molecule has 6 rings (SSSR count). The van der Waals surface area contributed by atoms with Crippen LogP contribution in [-0.4, -0.2) is 0 Å². The topological polar surface area (TPSA) is 13.1 Å². The zero-order chi connectivity index (χ0) is 14.3. The lowest BCUT2D eigenvalue weighted by Gasteiger charge is -2.18. The average molecular weight is 284 g/mol. The van der Waals surface area contributed by atoms with Crippen molar-refractivity contribution in [3.05, 3.63) is 70.9 Å². The zero-order valence-corrected chi connectivity index (χ0v) is 12.1. The summed E-state index contributed by atoms with van der Waals surface area (Å²) in [6.07, 6.45) is 4.19. The van der Waals surface area contributed by atoms with Gasteiger partial charge in [0.1, 0.15) is 5.75 Å². The van der Waals surface area contributed by atoms with E-state index < -0.39 is 0 Å². The Morgan fingerprint density at radius 2 is 1.64 bits per heavy atom. The molecule has 0 unspecified atom stereocenters. The summed E-state index contributed by atoms with van der Waals surface area (Å²) >= 11 is 0. The fraction of sp³-hybridized carbons (Fsp3) is 0.150. The van der Waals surface area contributed by atoms with Gasteiger partial charge in [0.2, 0.25) is 5.69 Å². The number of hydrogen-bond donors (Lipinski definition) is 0. The van der Waals surface area contributed by atoms with Gasteiger partial charge in [0.05, 0.1) is 5.56 Å². The van der Waals surface area contributed by atoms with Crippen molar-refractivity contribution in [1.29, 1.82) is 0 Å². The molecule has 0 fully saturated rings. The highest BCUT2D eigenvalue weighted by Gasteiger charge is 2.38. The molecule has 0 amide bonds. The predicted octanol–water partition coefficient (Wildman–Crippen LogP) is 3.47. The van der Waals surface area contributed by atoms with Gasteiger partial charge in [-0.1, -0.05) is 30.3 Å². The van der Waals surface area contributed by atoms with Gasteiger partial charge in [0.25, 0.3) is 6.73 Å². The van der Waals surface area contributed by atoms with Gasteiger partial charge >= 0.3 is 0 Å². The first-order valence-corrected chi connectivity index (χ1v) is 7.82. The molecular weight excluding hydrogens is 270 g/mol. The standard InChI is InChI=1S/C20H14NO/c1-2-6-16-12(4-1)8-14-10-15-9-13-5-3-7-21-11-22-20(17(14)16)18(15)19(13)21/h1-7,10H,8-9,11H2/q+1. The van der Waals surface area contributed by atoms with E-state index in [9.17, 15) is 0 Å². The maximum Gasteiger partial charge on any atom is 0.292 e. The van der Waals surface area contributed by atoms with E-state index in [2.05, 4.69) is 53.2 Å². The number of pyridine rings is 1. The van der Waals surface area contributed by atoms with Gasteiger partial charge in [-0.05, 0) is 34.7 Å². The molecule has 2 nitrogen and oxygen atoms in total. The highest BCUT2D eigenvalue weighted by molar-refractivity contribution is 5.91. The molecule has 0 saturated heterocycles. The maximum atomic E-state index is 6.23. The fourth-order valence-corrected chi connectivity index (χ4v) is 4.37. The quantitative estimate of drug-likeness (QED) is 0.397. The minimum atomic E-state index is 0.619. The van der Waals surface area contributed by atoms with Crippen molar-refractivity contribution in [2.75, 3.05) is 0 Å². The first kappa shape index (κ1) is 11.0. The van der Waals surface area contributed by atoms with E-state index in [0.717, 1.165) is 18.6 Å². The fourth-order valence-electron chi connectivity index (χ4n) is 4.37. The third-order valence-electron chi connectivity index (χ3n) is 5.23. The molecule has 0 radical (unpaired) electrons. The van der Waals surface area contributed by atoms with E-state index in [0.29, 0.717) is 6.73 Å². The lowest BCUT2D eigenvalue weighted by Crippen LogP contribution is -2.41. The number of hydrogen-bond acceptors (Lipinski definition) is 1. The van der Waals surface area contributed by atoms with Crippen molar-refractivity contribution in [2.24, 2.45) is 0 Å². The van der Waals surface area contributed by atoms with Gasteiger partial charge < -0.3 is 4.74 Å². The molecule has 2 aliphatic carbocycles. The Hall–Kier alpha value is -2.61. The first-order valence-electron chi connectivity index (χ1n) is 7.82. The smallest absolute Gasteiger partial charge is 0.292 e. The summed E-state index contributed by atoms with van der Waals surface area (Å²) in [5.74, 6) is 1.11. The highest BCUT2D eigenvalue weighted by Crippen LogP contribution is 2.52. The number of aromatic nitrogens is 1. The van der Waals surface area contributed by atoms with Crippen LogP contribution in [0.15, 0.2) is 48.7 Å². The summed E-state index contributed by atoms with van der Waals surface area (Å²) in [5, 5.41) is 0. The van der Waals surface area contributed by atoms with Crippen LogP contribution in [-0.2, 0) is 19.6 Å². The molecule has 2 heteroatoms. The van der Waals surface area contributed by atoms with Crippen molar-refractivity contribution < 1.29 is 9.30 Å². The Bertz CT molecular complexity index is 973. The van der Waals surface area contributed by atoms with Crippen molar-refractivity contribution in [3.8, 4) is 28.1 Å². The number of benzene rings is 2. The molecule has 104 valence electrons. The van der Waals surface area contributed by atoms with Crippen molar-refractivity contribution in [1.82, 2.24) is 0 Å². The number of rotatable bonds is 0. The normalized spacial score (nSPS) is 15.1. The second-order valence-electron chi connectivity index (χ2n) is 6.41. The van der Waals surface area contributed by atoms with Gasteiger partial charge in [0, 0.05) is 23.6 Å². The molecule has 2 heterocycles. The first-order chi connectivity index (χ1) is 10.9. The van der Waals surface area contributed by atoms with Gasteiger partial charge in [0.15, 0.2) is 6.20 Å². The van der Waals surface area contributed by atoms with E-state index in [4.69, 9.17) is 4.74 Å². The largest absolute Gasteiger partial charge is 0.434 e. The summed E-state index contributed by atoms with van der Waals surface area (Å²) in [6.45, 7) is 0.619. The number of nitrogens with zero attached hydrogens (tertiary/aromatic N) is 1. The average Bonchev–Trinajstić information content (AvgIpc) is 3.10. The van der Waals surface area contributed by atoms with Crippen LogP contribution in [0, 0.1) is 0 Å². The molecule has 0 bridgehead atoms. The SMILES string of the molecule is c1ccc2c(c1)Cc1cc3c4c(c1-2)OC[n+]1cccc(c1-4)C3. The van der Waals surface area contributed by atoms with Crippen LogP contribution >= 0.6 is 0 Å². The molecule has 1 aromatic heterocycles. The summed E-state index contributed by atoms with van der Waals surface area (Å²) in [5.41, 5.74) is 11.1. The molecule has 0 saturated carbocycles. The second kappa shape index (κ2) is 3.58.